The van der Waals surface area contributed by atoms with Crippen LogP contribution in [0.15, 0.2) is 97.1 Å². The number of benzene rings is 4. The van der Waals surface area contributed by atoms with Crippen LogP contribution < -0.4 is 4.90 Å². The van der Waals surface area contributed by atoms with Gasteiger partial charge in [-0.1, -0.05) is 175 Å². The molecule has 0 aliphatic carbocycles. The summed E-state index contributed by atoms with van der Waals surface area (Å²) < 4.78 is 0. The molecule has 46 heavy (non-hydrogen) atoms. The van der Waals surface area contributed by atoms with Crippen LogP contribution in [0.2, 0.25) is 0 Å². The fraction of sp³-hybridized carbons (Fsp3) is 0.378. The standard InChI is InChI=1S/C45H57N/c1-4-6-8-10-12-14-16-38-18-22-40(23-19-38)26-28-42-30-34-44(35-31-42)46(3)45-36-32-43(33-37-45)29-27-41-24-20-39(21-25-41)17-15-13-11-9-7-5-2/h18-37H,4-17H2,1-3H3. The molecule has 0 aliphatic rings. The van der Waals surface area contributed by atoms with E-state index < -0.39 is 0 Å². The fourth-order valence-electron chi connectivity index (χ4n) is 5.96. The Labute approximate surface area is 281 Å². The van der Waals surface area contributed by atoms with E-state index in [0.29, 0.717) is 0 Å². The van der Waals surface area contributed by atoms with E-state index in [1.807, 2.05) is 0 Å². The Bertz CT molecular complexity index is 1310. The topological polar surface area (TPSA) is 3.24 Å². The van der Waals surface area contributed by atoms with E-state index >= 15 is 0 Å². The van der Waals surface area contributed by atoms with Crippen LogP contribution in [0, 0.1) is 0 Å². The summed E-state index contributed by atoms with van der Waals surface area (Å²) in [6, 6.07) is 35.8. The van der Waals surface area contributed by atoms with Gasteiger partial charge in [0, 0.05) is 18.4 Å². The second-order valence-corrected chi connectivity index (χ2v) is 12.9. The van der Waals surface area contributed by atoms with Gasteiger partial charge >= 0.3 is 0 Å². The van der Waals surface area contributed by atoms with E-state index in [1.165, 1.54) is 135 Å². The van der Waals surface area contributed by atoms with Crippen molar-refractivity contribution in [1.29, 1.82) is 0 Å². The summed E-state index contributed by atoms with van der Waals surface area (Å²) in [5.41, 5.74) is 10.2. The van der Waals surface area contributed by atoms with Gasteiger partial charge in [0.25, 0.3) is 0 Å². The minimum absolute atomic E-state index is 1.18. The highest BCUT2D eigenvalue weighted by molar-refractivity contribution is 5.73. The van der Waals surface area contributed by atoms with Crippen molar-refractivity contribution in [2.45, 2.75) is 104 Å². The highest BCUT2D eigenvalue weighted by Gasteiger charge is 2.04. The highest BCUT2D eigenvalue weighted by Crippen LogP contribution is 2.25. The van der Waals surface area contributed by atoms with Gasteiger partial charge in [0.1, 0.15) is 0 Å². The molecule has 0 bridgehead atoms. The Morgan fingerprint density at radius 3 is 0.978 bits per heavy atom. The molecule has 0 spiro atoms. The van der Waals surface area contributed by atoms with Gasteiger partial charge in [0.05, 0.1) is 0 Å². The number of anilines is 2. The van der Waals surface area contributed by atoms with Crippen molar-refractivity contribution in [2.24, 2.45) is 0 Å². The molecule has 0 heterocycles. The van der Waals surface area contributed by atoms with Crippen LogP contribution in [0.25, 0.3) is 24.3 Å². The van der Waals surface area contributed by atoms with Crippen LogP contribution >= 0.6 is 0 Å². The average molecular weight is 612 g/mol. The van der Waals surface area contributed by atoms with E-state index in [4.69, 9.17) is 0 Å². The Kier molecular flexibility index (Phi) is 15.5. The summed E-state index contributed by atoms with van der Waals surface area (Å²) in [5, 5.41) is 0. The maximum atomic E-state index is 2.29. The van der Waals surface area contributed by atoms with Crippen molar-refractivity contribution in [3.05, 3.63) is 130 Å². The average Bonchev–Trinajstić information content (AvgIpc) is 3.10. The Hall–Kier alpha value is -3.84. The molecule has 0 unspecified atom stereocenters. The zero-order chi connectivity index (χ0) is 32.2. The van der Waals surface area contributed by atoms with Gasteiger partial charge in [-0.05, 0) is 83.3 Å². The molecule has 0 aliphatic heterocycles. The predicted octanol–water partition coefficient (Wildman–Crippen LogP) is 13.6. The zero-order valence-electron chi connectivity index (χ0n) is 28.9. The molecule has 4 aromatic rings. The molecule has 0 fully saturated rings. The van der Waals surface area contributed by atoms with Crippen molar-refractivity contribution >= 4 is 35.7 Å². The van der Waals surface area contributed by atoms with Crippen molar-refractivity contribution in [1.82, 2.24) is 0 Å². The monoisotopic (exact) mass is 611 g/mol. The van der Waals surface area contributed by atoms with Gasteiger partial charge in [-0.15, -0.1) is 0 Å². The summed E-state index contributed by atoms with van der Waals surface area (Å²) >= 11 is 0. The van der Waals surface area contributed by atoms with Crippen LogP contribution in [0.5, 0.6) is 0 Å². The fourth-order valence-corrected chi connectivity index (χ4v) is 5.96. The molecule has 0 radical (unpaired) electrons. The van der Waals surface area contributed by atoms with Crippen LogP contribution in [0.1, 0.15) is 124 Å². The van der Waals surface area contributed by atoms with Gasteiger partial charge in [-0.2, -0.15) is 0 Å². The van der Waals surface area contributed by atoms with Crippen LogP contribution in [0.3, 0.4) is 0 Å². The highest BCUT2D eigenvalue weighted by atomic mass is 15.1. The first kappa shape index (κ1) is 35.0. The Morgan fingerprint density at radius 2 is 0.652 bits per heavy atom. The molecule has 0 atom stereocenters. The lowest BCUT2D eigenvalue weighted by Crippen LogP contribution is -2.08. The minimum Gasteiger partial charge on any atom is -0.345 e. The molecule has 4 aromatic carbocycles. The molecule has 1 nitrogen and oxygen atoms in total. The summed E-state index contributed by atoms with van der Waals surface area (Å²) in [6.45, 7) is 4.56. The van der Waals surface area contributed by atoms with E-state index in [1.54, 1.807) is 0 Å². The molecule has 0 aromatic heterocycles. The third kappa shape index (κ3) is 12.5. The number of rotatable bonds is 20. The van der Waals surface area contributed by atoms with E-state index in [-0.39, 0.29) is 0 Å². The second kappa shape index (κ2) is 20.3. The molecular formula is C45H57N. The first-order valence-corrected chi connectivity index (χ1v) is 18.1. The summed E-state index contributed by atoms with van der Waals surface area (Å²) in [5.74, 6) is 0. The van der Waals surface area contributed by atoms with Gasteiger partial charge in [-0.25, -0.2) is 0 Å². The Balaban J connectivity index is 1.21. The van der Waals surface area contributed by atoms with Gasteiger partial charge in [-0.3, -0.25) is 0 Å². The number of hydrogen-bond acceptors (Lipinski definition) is 1. The quantitative estimate of drug-likeness (QED) is 0.0710. The molecule has 0 N–H and O–H groups in total. The maximum absolute atomic E-state index is 2.29. The SMILES string of the molecule is CCCCCCCCc1ccc(C=Cc2ccc(N(C)c3ccc(C=Cc4ccc(CCCCCCCC)cc4)cc3)cc2)cc1. The summed E-state index contributed by atoms with van der Waals surface area (Å²) in [6.07, 6.45) is 27.4. The lowest BCUT2D eigenvalue weighted by Gasteiger charge is -2.20. The molecule has 1 heteroatoms. The smallest absolute Gasteiger partial charge is 0.0408 e. The molecule has 4 rings (SSSR count). The van der Waals surface area contributed by atoms with E-state index in [9.17, 15) is 0 Å². The van der Waals surface area contributed by atoms with E-state index in [0.717, 1.165) is 0 Å². The molecule has 0 saturated carbocycles. The van der Waals surface area contributed by atoms with Gasteiger partial charge in [0.2, 0.25) is 0 Å². The summed E-state index contributed by atoms with van der Waals surface area (Å²) in [4.78, 5) is 2.24. The van der Waals surface area contributed by atoms with Gasteiger partial charge in [0.15, 0.2) is 0 Å². The normalized spacial score (nSPS) is 11.5. The molecule has 0 amide bonds. The van der Waals surface area contributed by atoms with E-state index in [2.05, 4.69) is 147 Å². The summed E-state index contributed by atoms with van der Waals surface area (Å²) in [7, 11) is 2.13. The molecule has 242 valence electrons. The van der Waals surface area contributed by atoms with Crippen molar-refractivity contribution in [3.8, 4) is 0 Å². The Morgan fingerprint density at radius 1 is 0.370 bits per heavy atom. The minimum atomic E-state index is 1.18. The number of hydrogen-bond donors (Lipinski definition) is 0. The first-order valence-electron chi connectivity index (χ1n) is 18.1. The van der Waals surface area contributed by atoms with Crippen LogP contribution in [-0.2, 0) is 12.8 Å². The molecular weight excluding hydrogens is 555 g/mol. The lowest BCUT2D eigenvalue weighted by atomic mass is 10.0. The van der Waals surface area contributed by atoms with Crippen LogP contribution in [-0.4, -0.2) is 7.05 Å². The number of nitrogens with zero attached hydrogens (tertiary/aromatic N) is 1. The number of aryl methyl sites for hydroxylation is 2. The predicted molar refractivity (Wildman–Crippen MR) is 206 cm³/mol. The third-order valence-electron chi connectivity index (χ3n) is 9.09. The van der Waals surface area contributed by atoms with Crippen molar-refractivity contribution in [3.63, 3.8) is 0 Å². The maximum Gasteiger partial charge on any atom is 0.0408 e. The van der Waals surface area contributed by atoms with Gasteiger partial charge < -0.3 is 4.90 Å². The zero-order valence-corrected chi connectivity index (χ0v) is 28.9. The molecule has 0 saturated heterocycles. The largest absolute Gasteiger partial charge is 0.345 e. The number of unbranched alkanes of at least 4 members (excludes halogenated alkanes) is 10. The lowest BCUT2D eigenvalue weighted by molar-refractivity contribution is 0.607. The van der Waals surface area contributed by atoms with Crippen LogP contribution in [0.4, 0.5) is 11.4 Å². The van der Waals surface area contributed by atoms with Crippen molar-refractivity contribution in [2.75, 3.05) is 11.9 Å². The first-order chi connectivity index (χ1) is 22.6. The second-order valence-electron chi connectivity index (χ2n) is 12.9. The van der Waals surface area contributed by atoms with Crippen molar-refractivity contribution < 1.29 is 0 Å². The third-order valence-corrected chi connectivity index (χ3v) is 9.09.